The zero-order valence-electron chi connectivity index (χ0n) is 27.5. The van der Waals surface area contributed by atoms with E-state index in [1.165, 1.54) is 12.1 Å². The molecular weight excluding hydrogens is 629 g/mol. The zero-order valence-corrected chi connectivity index (χ0v) is 27.5. The number of aryl methyl sites for hydroxylation is 1. The summed E-state index contributed by atoms with van der Waals surface area (Å²) < 4.78 is 62.0. The number of nitrogens with zero attached hydrogens (tertiary/aromatic N) is 4. The van der Waals surface area contributed by atoms with Gasteiger partial charge in [-0.3, -0.25) is 4.79 Å². The highest BCUT2D eigenvalue weighted by molar-refractivity contribution is 5.95. The highest BCUT2D eigenvalue weighted by Crippen LogP contribution is 2.35. The van der Waals surface area contributed by atoms with Crippen molar-refractivity contribution in [3.63, 3.8) is 0 Å². The smallest absolute Gasteiger partial charge is 0.379 e. The highest BCUT2D eigenvalue weighted by atomic mass is 19.4. The number of carbonyl (C=O) groups excluding carboxylic acids is 1. The van der Waals surface area contributed by atoms with Crippen molar-refractivity contribution in [1.29, 1.82) is 0 Å². The number of carbonyl (C=O) groups is 1. The van der Waals surface area contributed by atoms with Crippen LogP contribution in [0.4, 0.5) is 19.0 Å². The molecule has 14 heteroatoms. The summed E-state index contributed by atoms with van der Waals surface area (Å²) >= 11 is 0. The summed E-state index contributed by atoms with van der Waals surface area (Å²) in [7, 11) is 1.71. The van der Waals surface area contributed by atoms with Crippen molar-refractivity contribution in [2.45, 2.75) is 88.9 Å². The molecule has 3 aliphatic rings. The average Bonchev–Trinajstić information content (AvgIpc) is 3.54. The number of halogens is 3. The molecule has 0 spiro atoms. The molecule has 6 rings (SSSR count). The molecule has 2 N–H and O–H groups in total. The topological polar surface area (TPSA) is 124 Å². The van der Waals surface area contributed by atoms with Gasteiger partial charge in [0.1, 0.15) is 17.3 Å². The van der Waals surface area contributed by atoms with Crippen molar-refractivity contribution in [1.82, 2.24) is 25.3 Å². The van der Waals surface area contributed by atoms with E-state index < -0.39 is 11.7 Å². The number of rotatable bonds is 9. The first-order valence-corrected chi connectivity index (χ1v) is 16.6. The summed E-state index contributed by atoms with van der Waals surface area (Å²) in [5.41, 5.74) is 1.37. The molecule has 3 fully saturated rings. The number of likely N-dealkylation sites (tertiary alicyclic amines) is 1. The van der Waals surface area contributed by atoms with E-state index in [1.807, 2.05) is 11.8 Å². The van der Waals surface area contributed by atoms with Crippen LogP contribution in [0.25, 0.3) is 11.5 Å². The average molecular weight is 673 g/mol. The van der Waals surface area contributed by atoms with Crippen molar-refractivity contribution in [3.8, 4) is 11.5 Å². The molecule has 1 amide bonds. The first-order valence-electron chi connectivity index (χ1n) is 16.6. The quantitative estimate of drug-likeness (QED) is 0.302. The van der Waals surface area contributed by atoms with Gasteiger partial charge < -0.3 is 34.3 Å². The number of methoxy groups -OCH3 is 1. The predicted molar refractivity (Wildman–Crippen MR) is 170 cm³/mol. The van der Waals surface area contributed by atoms with Gasteiger partial charge in [0, 0.05) is 57.1 Å². The molecule has 0 aliphatic carbocycles. The fraction of sp³-hybridized carbons (Fsp3) is 0.588. The van der Waals surface area contributed by atoms with Crippen LogP contribution in [0.1, 0.15) is 77.6 Å². The Bertz CT molecular complexity index is 1540. The first-order chi connectivity index (χ1) is 23.1. The van der Waals surface area contributed by atoms with Crippen LogP contribution in [0.2, 0.25) is 0 Å². The van der Waals surface area contributed by atoms with Crippen LogP contribution in [0.3, 0.4) is 0 Å². The van der Waals surface area contributed by atoms with E-state index in [2.05, 4.69) is 20.8 Å². The molecule has 3 saturated heterocycles. The predicted octanol–water partition coefficient (Wildman–Crippen LogP) is 5.49. The van der Waals surface area contributed by atoms with Gasteiger partial charge in [-0.1, -0.05) is 17.3 Å². The lowest BCUT2D eigenvalue weighted by Crippen LogP contribution is -2.54. The number of benzene rings is 1. The summed E-state index contributed by atoms with van der Waals surface area (Å²) in [5, 5.41) is 11.2. The van der Waals surface area contributed by atoms with Crippen molar-refractivity contribution in [2.24, 2.45) is 0 Å². The number of anilines is 1. The minimum atomic E-state index is -4.38. The number of hydrogen-bond acceptors (Lipinski definition) is 10. The summed E-state index contributed by atoms with van der Waals surface area (Å²) in [6.07, 6.45) is -0.0304. The Hall–Kier alpha value is -3.59. The Morgan fingerprint density at radius 3 is 2.52 bits per heavy atom. The van der Waals surface area contributed by atoms with Gasteiger partial charge in [0.2, 0.25) is 0 Å². The van der Waals surface area contributed by atoms with Gasteiger partial charge >= 0.3 is 6.18 Å². The van der Waals surface area contributed by atoms with Crippen molar-refractivity contribution >= 4 is 11.7 Å². The van der Waals surface area contributed by atoms with E-state index in [9.17, 15) is 18.0 Å². The molecule has 0 saturated carbocycles. The Labute approximate surface area is 277 Å². The van der Waals surface area contributed by atoms with Gasteiger partial charge in [-0.15, -0.1) is 0 Å². The largest absolute Gasteiger partial charge is 0.416 e. The third-order valence-electron chi connectivity index (χ3n) is 9.50. The number of amides is 1. The molecular formula is C34H43F3N6O5. The van der Waals surface area contributed by atoms with Crippen LogP contribution < -0.4 is 10.6 Å². The minimum absolute atomic E-state index is 0.0151. The number of ether oxygens (including phenoxy) is 3. The van der Waals surface area contributed by atoms with Crippen LogP contribution in [0, 0.1) is 13.8 Å². The number of aromatic nitrogens is 3. The number of piperidine rings is 1. The van der Waals surface area contributed by atoms with Crippen LogP contribution in [0.15, 0.2) is 34.9 Å². The monoisotopic (exact) mass is 672 g/mol. The lowest BCUT2D eigenvalue weighted by atomic mass is 9.97. The van der Waals surface area contributed by atoms with Crippen LogP contribution >= 0.6 is 0 Å². The third kappa shape index (κ3) is 7.99. The summed E-state index contributed by atoms with van der Waals surface area (Å²) in [5.74, 6) is 1.19. The van der Waals surface area contributed by atoms with E-state index in [4.69, 9.17) is 23.7 Å². The molecule has 4 atom stereocenters. The van der Waals surface area contributed by atoms with E-state index >= 15 is 0 Å². The fourth-order valence-corrected chi connectivity index (χ4v) is 6.71. The second-order valence-electron chi connectivity index (χ2n) is 12.8. The third-order valence-corrected chi connectivity index (χ3v) is 9.50. The highest BCUT2D eigenvalue weighted by Gasteiger charge is 2.33. The summed E-state index contributed by atoms with van der Waals surface area (Å²) in [6.45, 7) is 6.45. The zero-order chi connectivity index (χ0) is 33.8. The minimum Gasteiger partial charge on any atom is -0.379 e. The van der Waals surface area contributed by atoms with Crippen molar-refractivity contribution in [3.05, 3.63) is 58.5 Å². The molecule has 0 bridgehead atoms. The second-order valence-corrected chi connectivity index (χ2v) is 12.8. The molecule has 1 aromatic carbocycles. The van der Waals surface area contributed by atoms with E-state index in [1.54, 1.807) is 20.1 Å². The summed E-state index contributed by atoms with van der Waals surface area (Å²) in [4.78, 5) is 25.2. The Balaban J connectivity index is 1.13. The standard InChI is InChI=1S/C34H43F3N6O5/c1-20-17-27(42-48-20)32-40-30(33(44)43-14-11-24(12-15-43)39-26-13-16-46-19-29(26)45-3)21(2)31(41-32)38-18-25-5-4-6-28(47-25)22-7-9-23(10-8-22)34(35,36)37/h7-10,17,24-26,28-29,39H,4-6,11-16,18-19H2,1-3H3,(H,38,40,41)/t25-,26-,28+,29+/m1/s1. The van der Waals surface area contributed by atoms with Gasteiger partial charge in [-0.2, -0.15) is 13.2 Å². The van der Waals surface area contributed by atoms with E-state index in [-0.39, 0.29) is 42.1 Å². The maximum atomic E-state index is 14.0. The number of hydrogen-bond donors (Lipinski definition) is 2. The molecule has 2 aromatic heterocycles. The van der Waals surface area contributed by atoms with Crippen LogP contribution in [-0.2, 0) is 20.4 Å². The summed E-state index contributed by atoms with van der Waals surface area (Å²) in [6, 6.07) is 7.39. The maximum Gasteiger partial charge on any atom is 0.416 e. The van der Waals surface area contributed by atoms with E-state index in [0.717, 1.165) is 50.7 Å². The van der Waals surface area contributed by atoms with Crippen molar-refractivity contribution in [2.75, 3.05) is 45.3 Å². The Morgan fingerprint density at radius 2 is 1.83 bits per heavy atom. The number of alkyl halides is 3. The van der Waals surface area contributed by atoms with Crippen LogP contribution in [0.5, 0.6) is 0 Å². The van der Waals surface area contributed by atoms with Gasteiger partial charge in [-0.25, -0.2) is 9.97 Å². The van der Waals surface area contributed by atoms with E-state index in [0.29, 0.717) is 66.9 Å². The molecule has 260 valence electrons. The lowest BCUT2D eigenvalue weighted by Gasteiger charge is -2.38. The molecule has 5 heterocycles. The molecule has 0 unspecified atom stereocenters. The Kier molecular flexibility index (Phi) is 10.6. The number of nitrogens with one attached hydrogen (secondary N) is 2. The normalized spacial score (nSPS) is 24.1. The van der Waals surface area contributed by atoms with Crippen molar-refractivity contribution < 1.29 is 36.7 Å². The molecule has 11 nitrogen and oxygen atoms in total. The van der Waals surface area contributed by atoms with Gasteiger partial charge in [0.15, 0.2) is 11.5 Å². The first kappa shape index (κ1) is 34.3. The molecule has 48 heavy (non-hydrogen) atoms. The Morgan fingerprint density at radius 1 is 1.06 bits per heavy atom. The van der Waals surface area contributed by atoms with Gasteiger partial charge in [0.05, 0.1) is 30.5 Å². The second kappa shape index (κ2) is 14.9. The maximum absolute atomic E-state index is 14.0. The molecule has 3 aromatic rings. The van der Waals surface area contributed by atoms with Crippen LogP contribution in [-0.4, -0.2) is 90.2 Å². The SMILES string of the molecule is CO[C@H]1COCC[C@H]1NC1CCN(C(=O)c2nc(-c3cc(C)on3)nc(NC[C@H]3CCC[C@@H](c4ccc(C(F)(F)F)cc4)O3)c2C)CC1. The lowest BCUT2D eigenvalue weighted by molar-refractivity contribution is -0.137. The fourth-order valence-electron chi connectivity index (χ4n) is 6.71. The van der Waals surface area contributed by atoms with Gasteiger partial charge in [-0.05, 0) is 70.1 Å². The molecule has 3 aliphatic heterocycles. The molecule has 0 radical (unpaired) electrons. The van der Waals surface area contributed by atoms with Gasteiger partial charge in [0.25, 0.3) is 5.91 Å².